The maximum atomic E-state index is 13.9. The number of hydrogen-bond donors (Lipinski definition) is 7. The van der Waals surface area contributed by atoms with E-state index in [0.717, 1.165) is 191 Å². The van der Waals surface area contributed by atoms with Gasteiger partial charge in [-0.3, -0.25) is 33.8 Å². The van der Waals surface area contributed by atoms with E-state index in [1.165, 1.54) is 32.5 Å². The van der Waals surface area contributed by atoms with E-state index in [0.29, 0.717) is 80.9 Å². The number of pyridine rings is 9. The molecule has 0 spiro atoms. The fourth-order valence-electron chi connectivity index (χ4n) is 17.1. The number of carbonyl (C=O) groups is 3. The Morgan fingerprint density at radius 2 is 0.952 bits per heavy atom. The fraction of sp³-hybridized carbons (Fsp3) is 0.351. The van der Waals surface area contributed by atoms with Crippen molar-refractivity contribution in [1.82, 2.24) is 78.7 Å². The van der Waals surface area contributed by atoms with Crippen LogP contribution in [0.25, 0.3) is 66.9 Å². The molecule has 0 radical (unpaired) electrons. The molecule has 3 amide bonds. The van der Waals surface area contributed by atoms with Crippen molar-refractivity contribution in [1.29, 1.82) is 0 Å². The minimum Gasteiger partial charge on any atom is -0.496 e. The molecule has 3 aliphatic rings. The largest absolute Gasteiger partial charge is 0.496 e. The lowest BCUT2D eigenvalue weighted by Crippen LogP contribution is -2.45. The standard InChI is InChI=1S/C33H40N6O3.C32H38N6O4.C32H38N6O3/c1-7-38-13-9-23(10-14-38)21(3)31-22(4)26(32(40)36-19-27-29(42-6)16-20(2)37-33(27)41)18-28-25(11-15-39(28)31)24-8-12-35-30(17-24)34-5;1-7-26(37-12-14-42-15-13-37)30-21(3)24(31(39)34-19-25-28(41-6)16-20(2)35-32(25)40)18-27-23(9-11-38(27)30)22-8-10-33-29(17-22)36(4)5;1-7-36-12-14-37(15-13-36)23(5)30-22(4)26(31(39)34-19-27-29(41-6)16-21(3)35-32(27)40)17-28-25(10-11-38(28)30)24-9-8-20(2)33-18-24/h8,11-12,15-18H,7,9-10,13-14,19H2,1-6H3,(H,34,35)(H,36,40)(H,37,41);7-11,16-18H,12-15,19H2,1-6H3,(H,34,39)(H,35,40);8-11,16-18H,5,7,12-15,19H2,1-4,6H3,(H,34,39)(H,35,40). The second-order valence-corrected chi connectivity index (χ2v) is 32.1. The molecule has 28 heteroatoms. The summed E-state index contributed by atoms with van der Waals surface area (Å²) in [5, 5.41) is 12.0. The third kappa shape index (κ3) is 19.2. The number of methoxy groups -OCH3 is 3. The van der Waals surface area contributed by atoms with Crippen LogP contribution < -0.4 is 57.1 Å². The van der Waals surface area contributed by atoms with Gasteiger partial charge in [-0.2, -0.15) is 0 Å². The van der Waals surface area contributed by atoms with Gasteiger partial charge in [0.1, 0.15) is 28.9 Å². The molecule has 12 aromatic heterocycles. The van der Waals surface area contributed by atoms with E-state index in [1.807, 2.05) is 128 Å². The van der Waals surface area contributed by atoms with Crippen LogP contribution in [0, 0.1) is 48.5 Å². The number of rotatable bonds is 24. The van der Waals surface area contributed by atoms with Crippen LogP contribution in [-0.4, -0.2) is 202 Å². The molecule has 3 fully saturated rings. The number of nitrogens with one attached hydrogen (secondary N) is 7. The number of piperazine rings is 1. The number of hydrogen-bond acceptors (Lipinski definition) is 19. The average Bonchev–Trinajstić information content (AvgIpc) is 1.75. The van der Waals surface area contributed by atoms with E-state index in [-0.39, 0.29) is 54.0 Å². The number of allylic oxidation sites excluding steroid dienone is 2. The molecule has 12 aromatic rings. The van der Waals surface area contributed by atoms with Crippen molar-refractivity contribution >= 4 is 62.9 Å². The van der Waals surface area contributed by atoms with Gasteiger partial charge in [0.15, 0.2) is 0 Å². The summed E-state index contributed by atoms with van der Waals surface area (Å²) in [5.41, 5.74) is 23.7. The van der Waals surface area contributed by atoms with Crippen LogP contribution in [0.1, 0.15) is 145 Å². The number of anilines is 2. The third-order valence-corrected chi connectivity index (χ3v) is 24.2. The Balaban J connectivity index is 0.000000161. The number of nitrogens with zero attached hydrogens (tertiary/aromatic N) is 11. The molecular formula is C97H116N18O10. The van der Waals surface area contributed by atoms with E-state index < -0.39 is 0 Å². The lowest BCUT2D eigenvalue weighted by atomic mass is 9.92. The molecule has 3 aliphatic heterocycles. The summed E-state index contributed by atoms with van der Waals surface area (Å²) in [6.07, 6.45) is 15.8. The zero-order valence-corrected chi connectivity index (χ0v) is 74.9. The van der Waals surface area contributed by atoms with E-state index in [2.05, 4.69) is 148 Å². The van der Waals surface area contributed by atoms with Gasteiger partial charge in [-0.25, -0.2) is 9.97 Å². The Morgan fingerprint density at radius 3 is 1.39 bits per heavy atom. The van der Waals surface area contributed by atoms with Crippen molar-refractivity contribution in [2.75, 3.05) is 131 Å². The summed E-state index contributed by atoms with van der Waals surface area (Å²) in [5.74, 6) is 2.17. The summed E-state index contributed by atoms with van der Waals surface area (Å²) < 4.78 is 28.4. The molecule has 0 saturated carbocycles. The first-order chi connectivity index (χ1) is 60.2. The summed E-state index contributed by atoms with van der Waals surface area (Å²) in [6.45, 7) is 37.2. The smallest absolute Gasteiger partial charge is 0.256 e. The topological polar surface area (TPSA) is 303 Å². The number of fused-ring (bicyclic) bond motifs is 3. The van der Waals surface area contributed by atoms with E-state index in [9.17, 15) is 28.8 Å². The number of aromatic nitrogens is 9. The Morgan fingerprint density at radius 1 is 0.520 bits per heavy atom. The van der Waals surface area contributed by atoms with Gasteiger partial charge < -0.3 is 92.9 Å². The van der Waals surface area contributed by atoms with Crippen LogP contribution in [0.4, 0.5) is 11.6 Å². The van der Waals surface area contributed by atoms with Crippen LogP contribution in [0.2, 0.25) is 0 Å². The number of aromatic amines is 3. The predicted molar refractivity (Wildman–Crippen MR) is 496 cm³/mol. The zero-order chi connectivity index (χ0) is 89.2. The molecule has 0 aliphatic carbocycles. The summed E-state index contributed by atoms with van der Waals surface area (Å²) in [4.78, 5) is 113. The second-order valence-electron chi connectivity index (χ2n) is 32.1. The third-order valence-electron chi connectivity index (χ3n) is 24.2. The van der Waals surface area contributed by atoms with Gasteiger partial charge in [0.2, 0.25) is 0 Å². The Hall–Kier alpha value is -13.3. The number of carbonyl (C=O) groups excluding carboxylic acids is 3. The molecule has 0 bridgehead atoms. The van der Waals surface area contributed by atoms with Gasteiger partial charge >= 0.3 is 0 Å². The first kappa shape index (κ1) is 89.4. The predicted octanol–water partition coefficient (Wildman–Crippen LogP) is 13.3. The summed E-state index contributed by atoms with van der Waals surface area (Å²) in [7, 11) is 10.3. The van der Waals surface area contributed by atoms with Crippen molar-refractivity contribution in [2.45, 2.75) is 109 Å². The number of likely N-dealkylation sites (tertiary alicyclic amines) is 1. The van der Waals surface area contributed by atoms with E-state index in [4.69, 9.17) is 18.9 Å². The number of likely N-dealkylation sites (N-methyl/N-ethyl adjacent to an activating group) is 1. The highest BCUT2D eigenvalue weighted by molar-refractivity contribution is 6.02. The van der Waals surface area contributed by atoms with Crippen LogP contribution in [0.15, 0.2) is 161 Å². The van der Waals surface area contributed by atoms with E-state index >= 15 is 0 Å². The lowest BCUT2D eigenvalue weighted by molar-refractivity contribution is 0.0637. The van der Waals surface area contributed by atoms with Gasteiger partial charge in [-0.1, -0.05) is 38.1 Å². The SMILES string of the molecule is C=C(c1c(C)c(C(=O)NCc2c(OC)cc(C)[nH]c2=O)cc2c(-c3ccc(C)nc3)ccn12)N1CCN(CC)CC1.CC=C(c1c(C)c(C(=O)NCc2c(OC)cc(C)[nH]c2=O)cc2c(-c3ccnc(N(C)C)c3)ccn12)N1CCOCC1.CCN1CCC(=C(C)c2c(C)c(C(=O)NCc3c(OC)cc(C)[nH]c3=O)cc3c(-c4ccnc(NC)c4)ccn23)CC1. The minimum atomic E-state index is -0.285. The number of morpholine rings is 1. The van der Waals surface area contributed by atoms with Crippen LogP contribution in [0.3, 0.4) is 0 Å². The minimum absolute atomic E-state index is 0.0297. The maximum absolute atomic E-state index is 13.9. The van der Waals surface area contributed by atoms with Crippen molar-refractivity contribution < 1.29 is 33.3 Å². The monoisotopic (exact) mass is 1690 g/mol. The van der Waals surface area contributed by atoms with Crippen molar-refractivity contribution in [3.05, 3.63) is 267 Å². The van der Waals surface area contributed by atoms with Crippen LogP contribution in [0.5, 0.6) is 17.2 Å². The van der Waals surface area contributed by atoms with E-state index in [1.54, 1.807) is 51.4 Å². The molecular weight excluding hydrogens is 1580 g/mol. The summed E-state index contributed by atoms with van der Waals surface area (Å²) in [6, 6.07) is 29.4. The van der Waals surface area contributed by atoms with Gasteiger partial charge in [0.25, 0.3) is 34.4 Å². The number of ether oxygens (including phenoxy) is 4. The Bertz CT molecular complexity index is 6290. The number of H-pyrrole nitrogens is 3. The van der Waals surface area contributed by atoms with Crippen LogP contribution >= 0.6 is 0 Å². The Kier molecular flexibility index (Phi) is 28.2. The molecule has 654 valence electrons. The van der Waals surface area contributed by atoms with Crippen molar-refractivity contribution in [2.24, 2.45) is 0 Å². The number of amides is 3. The average molecular weight is 1690 g/mol. The fourth-order valence-corrected chi connectivity index (χ4v) is 17.1. The quantitative estimate of drug-likeness (QED) is 0.0296. The molecule has 3 saturated heterocycles. The van der Waals surface area contributed by atoms with Gasteiger partial charge in [-0.05, 0) is 207 Å². The maximum Gasteiger partial charge on any atom is 0.256 e. The molecule has 0 atom stereocenters. The number of piperidine rings is 1. The number of aryl methyl sites for hydroxylation is 4. The second kappa shape index (κ2) is 39.5. The molecule has 0 aromatic carbocycles. The first-order valence-electron chi connectivity index (χ1n) is 42.6. The first-order valence-corrected chi connectivity index (χ1v) is 42.6. The summed E-state index contributed by atoms with van der Waals surface area (Å²) >= 11 is 0. The highest BCUT2D eigenvalue weighted by Gasteiger charge is 2.30. The van der Waals surface area contributed by atoms with Crippen LogP contribution in [-0.2, 0) is 24.4 Å². The molecule has 125 heavy (non-hydrogen) atoms. The highest BCUT2D eigenvalue weighted by atomic mass is 16.5. The van der Waals surface area contributed by atoms with Crippen molar-refractivity contribution in [3.8, 4) is 50.6 Å². The van der Waals surface area contributed by atoms with Gasteiger partial charge in [-0.15, -0.1) is 0 Å². The van der Waals surface area contributed by atoms with Gasteiger partial charge in [0.05, 0.1) is 116 Å². The molecule has 0 unspecified atom stereocenters. The highest BCUT2D eigenvalue weighted by Crippen LogP contribution is 2.39. The Labute approximate surface area is 729 Å². The molecule has 15 rings (SSSR count). The van der Waals surface area contributed by atoms with Gasteiger partial charge in [0, 0.05) is 172 Å². The normalized spacial score (nSPS) is 13.9. The lowest BCUT2D eigenvalue weighted by Gasteiger charge is -2.37. The van der Waals surface area contributed by atoms with Crippen molar-refractivity contribution in [3.63, 3.8) is 0 Å². The zero-order valence-electron chi connectivity index (χ0n) is 74.9. The molecule has 7 N–H and O–H groups in total. The molecule has 15 heterocycles. The molecule has 28 nitrogen and oxygen atoms in total.